The van der Waals surface area contributed by atoms with Gasteiger partial charge in [0.1, 0.15) is 5.69 Å². The first kappa shape index (κ1) is 20.4. The molecule has 5 rings (SSSR count). The Bertz CT molecular complexity index is 1330. The number of benzene rings is 1. The first-order valence-electron chi connectivity index (χ1n) is 11.0. The molecule has 1 aliphatic rings. The van der Waals surface area contributed by atoms with Crippen molar-refractivity contribution in [3.63, 3.8) is 0 Å². The highest BCUT2D eigenvalue weighted by Gasteiger charge is 2.19. The van der Waals surface area contributed by atoms with Gasteiger partial charge in [0.05, 0.1) is 17.7 Å². The summed E-state index contributed by atoms with van der Waals surface area (Å²) in [6.07, 6.45) is 6.78. The molecular formula is C24H26N6O2. The zero-order valence-electron chi connectivity index (χ0n) is 18.2. The van der Waals surface area contributed by atoms with Crippen LogP contribution in [0.2, 0.25) is 0 Å². The van der Waals surface area contributed by atoms with Crippen LogP contribution in [0.4, 0.5) is 5.69 Å². The molecule has 1 saturated heterocycles. The van der Waals surface area contributed by atoms with Crippen molar-refractivity contribution in [2.45, 2.75) is 38.8 Å². The van der Waals surface area contributed by atoms with Gasteiger partial charge >= 0.3 is 0 Å². The van der Waals surface area contributed by atoms with Crippen LogP contribution in [0.15, 0.2) is 59.8 Å². The number of aliphatic hydroxyl groups is 1. The summed E-state index contributed by atoms with van der Waals surface area (Å²) in [5.74, 6) is 1.20. The molecule has 0 radical (unpaired) electrons. The normalized spacial score (nSPS) is 16.8. The van der Waals surface area contributed by atoms with Gasteiger partial charge in [-0.05, 0) is 51.0 Å². The first-order valence-corrected chi connectivity index (χ1v) is 11.0. The van der Waals surface area contributed by atoms with Crippen molar-refractivity contribution >= 4 is 16.5 Å². The molecule has 0 spiro atoms. The monoisotopic (exact) mass is 430 g/mol. The van der Waals surface area contributed by atoms with E-state index in [4.69, 9.17) is 4.98 Å². The standard InChI is InChI=1S/C24H26N6O2/c1-16(2)29-12-10-25-23(29)21-6-3-7-22(27-21)30-24(32)20-13-18(9-8-17(20)14-26-30)28-11-4-5-19(31)15-28/h3,6-10,12-14,16,19,31H,4-5,11,15H2,1-2H3. The Labute approximate surface area is 185 Å². The predicted octanol–water partition coefficient (Wildman–Crippen LogP) is 3.19. The molecule has 1 N–H and O–H groups in total. The van der Waals surface area contributed by atoms with Gasteiger partial charge in [0, 0.05) is 42.6 Å². The van der Waals surface area contributed by atoms with E-state index in [0.717, 1.165) is 36.3 Å². The molecule has 1 unspecified atom stereocenters. The smallest absolute Gasteiger partial charge is 0.280 e. The average Bonchev–Trinajstić information content (AvgIpc) is 3.30. The van der Waals surface area contributed by atoms with Crippen molar-refractivity contribution in [1.29, 1.82) is 0 Å². The highest BCUT2D eigenvalue weighted by atomic mass is 16.3. The van der Waals surface area contributed by atoms with Crippen LogP contribution >= 0.6 is 0 Å². The Morgan fingerprint density at radius 1 is 1.19 bits per heavy atom. The van der Waals surface area contributed by atoms with Crippen LogP contribution in [-0.4, -0.2) is 48.6 Å². The van der Waals surface area contributed by atoms with Crippen molar-refractivity contribution in [2.75, 3.05) is 18.0 Å². The third-order valence-corrected chi connectivity index (χ3v) is 5.94. The van der Waals surface area contributed by atoms with E-state index in [-0.39, 0.29) is 17.7 Å². The van der Waals surface area contributed by atoms with Gasteiger partial charge in [0.15, 0.2) is 11.6 Å². The van der Waals surface area contributed by atoms with Gasteiger partial charge in [-0.25, -0.2) is 9.97 Å². The summed E-state index contributed by atoms with van der Waals surface area (Å²) < 4.78 is 3.38. The van der Waals surface area contributed by atoms with Crippen LogP contribution in [0.3, 0.4) is 0 Å². The van der Waals surface area contributed by atoms with Gasteiger partial charge < -0.3 is 14.6 Å². The number of hydrogen-bond donors (Lipinski definition) is 1. The molecule has 8 nitrogen and oxygen atoms in total. The molecule has 3 aromatic heterocycles. The number of imidazole rings is 1. The van der Waals surface area contributed by atoms with Gasteiger partial charge in [-0.1, -0.05) is 12.1 Å². The Morgan fingerprint density at radius 3 is 2.88 bits per heavy atom. The highest BCUT2D eigenvalue weighted by Crippen LogP contribution is 2.24. The maximum Gasteiger partial charge on any atom is 0.280 e. The molecule has 0 bridgehead atoms. The molecule has 0 amide bonds. The summed E-state index contributed by atoms with van der Waals surface area (Å²) in [4.78, 5) is 24.6. The van der Waals surface area contributed by atoms with E-state index in [1.54, 1.807) is 18.5 Å². The molecule has 32 heavy (non-hydrogen) atoms. The van der Waals surface area contributed by atoms with Crippen LogP contribution in [0, 0.1) is 0 Å². The van der Waals surface area contributed by atoms with Gasteiger partial charge in [0.25, 0.3) is 5.56 Å². The Hall–Kier alpha value is -3.52. The minimum atomic E-state index is -0.334. The number of pyridine rings is 1. The zero-order valence-corrected chi connectivity index (χ0v) is 18.2. The molecule has 4 heterocycles. The second-order valence-corrected chi connectivity index (χ2v) is 8.51. The van der Waals surface area contributed by atoms with E-state index >= 15 is 0 Å². The van der Waals surface area contributed by atoms with Crippen molar-refractivity contribution in [1.82, 2.24) is 24.3 Å². The number of anilines is 1. The average molecular weight is 431 g/mol. The van der Waals surface area contributed by atoms with E-state index in [1.807, 2.05) is 41.1 Å². The lowest BCUT2D eigenvalue weighted by Crippen LogP contribution is -2.38. The fourth-order valence-electron chi connectivity index (χ4n) is 4.27. The number of fused-ring (bicyclic) bond motifs is 1. The molecular weight excluding hydrogens is 404 g/mol. The number of aromatic nitrogens is 5. The number of β-amino-alcohol motifs (C(OH)–C–C–N with tert-alkyl or cyclic N) is 1. The van der Waals surface area contributed by atoms with E-state index < -0.39 is 0 Å². The van der Waals surface area contributed by atoms with Gasteiger partial charge in [-0.15, -0.1) is 0 Å². The third kappa shape index (κ3) is 3.67. The van der Waals surface area contributed by atoms with Crippen molar-refractivity contribution in [3.05, 3.63) is 65.3 Å². The Balaban J connectivity index is 1.57. The second-order valence-electron chi connectivity index (χ2n) is 8.51. The number of aliphatic hydroxyl groups excluding tert-OH is 1. The number of nitrogens with zero attached hydrogens (tertiary/aromatic N) is 6. The molecule has 1 fully saturated rings. The molecule has 1 aromatic carbocycles. The van der Waals surface area contributed by atoms with Crippen LogP contribution in [0.25, 0.3) is 28.1 Å². The number of rotatable bonds is 4. The predicted molar refractivity (Wildman–Crippen MR) is 124 cm³/mol. The summed E-state index contributed by atoms with van der Waals surface area (Å²) in [6.45, 7) is 5.62. The van der Waals surface area contributed by atoms with Crippen LogP contribution < -0.4 is 10.5 Å². The fourth-order valence-corrected chi connectivity index (χ4v) is 4.27. The summed E-state index contributed by atoms with van der Waals surface area (Å²) in [6, 6.07) is 11.5. The molecule has 1 aliphatic heterocycles. The zero-order chi connectivity index (χ0) is 22.2. The maximum absolute atomic E-state index is 13.4. The van der Waals surface area contributed by atoms with Crippen molar-refractivity contribution < 1.29 is 5.11 Å². The van der Waals surface area contributed by atoms with E-state index in [2.05, 4.69) is 28.8 Å². The van der Waals surface area contributed by atoms with Gasteiger partial charge in [-0.2, -0.15) is 9.78 Å². The Morgan fingerprint density at radius 2 is 2.06 bits per heavy atom. The quantitative estimate of drug-likeness (QED) is 0.535. The largest absolute Gasteiger partial charge is 0.391 e. The van der Waals surface area contributed by atoms with Crippen molar-refractivity contribution in [3.8, 4) is 17.3 Å². The summed E-state index contributed by atoms with van der Waals surface area (Å²) in [5.41, 5.74) is 1.40. The van der Waals surface area contributed by atoms with Crippen LogP contribution in [-0.2, 0) is 0 Å². The van der Waals surface area contributed by atoms with Gasteiger partial charge in [0.2, 0.25) is 0 Å². The highest BCUT2D eigenvalue weighted by molar-refractivity contribution is 5.84. The minimum absolute atomic E-state index is 0.223. The summed E-state index contributed by atoms with van der Waals surface area (Å²) in [5, 5.41) is 15.8. The maximum atomic E-state index is 13.4. The van der Waals surface area contributed by atoms with E-state index in [0.29, 0.717) is 23.4 Å². The summed E-state index contributed by atoms with van der Waals surface area (Å²) in [7, 11) is 0. The summed E-state index contributed by atoms with van der Waals surface area (Å²) >= 11 is 0. The molecule has 8 heteroatoms. The van der Waals surface area contributed by atoms with Crippen LogP contribution in [0.1, 0.15) is 32.7 Å². The molecule has 164 valence electrons. The van der Waals surface area contributed by atoms with E-state index in [9.17, 15) is 9.90 Å². The second kappa shape index (κ2) is 8.20. The minimum Gasteiger partial charge on any atom is -0.391 e. The Kier molecular flexibility index (Phi) is 5.22. The molecule has 1 atom stereocenters. The lowest BCUT2D eigenvalue weighted by atomic mass is 10.1. The SMILES string of the molecule is CC(C)n1ccnc1-c1cccc(-n2ncc3ccc(N4CCCC(O)C4)cc3c2=O)n1. The molecule has 0 aliphatic carbocycles. The fraction of sp³-hybridized carbons (Fsp3) is 0.333. The lowest BCUT2D eigenvalue weighted by Gasteiger charge is -2.32. The van der Waals surface area contributed by atoms with Crippen LogP contribution in [0.5, 0.6) is 0 Å². The first-order chi connectivity index (χ1) is 15.5. The third-order valence-electron chi connectivity index (χ3n) is 5.94. The topological polar surface area (TPSA) is 89.1 Å². The molecule has 4 aromatic rings. The van der Waals surface area contributed by atoms with Gasteiger partial charge in [-0.3, -0.25) is 4.79 Å². The lowest BCUT2D eigenvalue weighted by molar-refractivity contribution is 0.154. The van der Waals surface area contributed by atoms with Crippen molar-refractivity contribution in [2.24, 2.45) is 0 Å². The van der Waals surface area contributed by atoms with E-state index in [1.165, 1.54) is 4.68 Å². The number of piperidine rings is 1. The molecule has 0 saturated carbocycles. The number of hydrogen-bond acceptors (Lipinski definition) is 6.